The second kappa shape index (κ2) is 7.68. The van der Waals surface area contributed by atoms with Crippen molar-refractivity contribution in [2.45, 2.75) is 63.9 Å². The lowest BCUT2D eigenvalue weighted by atomic mass is 10.1. The number of aromatic nitrogens is 2. The number of thioether (sulfide) groups is 1. The van der Waals surface area contributed by atoms with Crippen molar-refractivity contribution in [1.29, 1.82) is 0 Å². The molecule has 4 rings (SSSR count). The number of carbonyl (C=O) groups excluding carboxylic acids is 1. The number of nitrogens with zero attached hydrogens (tertiary/aromatic N) is 3. The first-order chi connectivity index (χ1) is 13.0. The Morgan fingerprint density at radius 2 is 2.15 bits per heavy atom. The maximum absolute atomic E-state index is 13.0. The van der Waals surface area contributed by atoms with Crippen molar-refractivity contribution in [3.63, 3.8) is 0 Å². The second-order valence-corrected chi connectivity index (χ2v) is 8.49. The number of anilines is 1. The van der Waals surface area contributed by atoms with Crippen molar-refractivity contribution in [2.24, 2.45) is 0 Å². The molecule has 1 aromatic carbocycles. The van der Waals surface area contributed by atoms with E-state index in [4.69, 9.17) is 9.72 Å². The Hall–Kier alpha value is -1.79. The van der Waals surface area contributed by atoms with Gasteiger partial charge in [0.2, 0.25) is 5.91 Å². The number of aryl methyl sites for hydroxylation is 1. The molecule has 0 saturated carbocycles. The minimum absolute atomic E-state index is 0.152. The van der Waals surface area contributed by atoms with E-state index < -0.39 is 0 Å². The van der Waals surface area contributed by atoms with Crippen molar-refractivity contribution in [1.82, 2.24) is 9.55 Å². The molecule has 144 valence electrons. The summed E-state index contributed by atoms with van der Waals surface area (Å²) in [7, 11) is 0. The minimum atomic E-state index is 0.152. The first-order valence-electron chi connectivity index (χ1n) is 9.72. The van der Waals surface area contributed by atoms with Crippen LogP contribution in [0, 0.1) is 13.8 Å². The third-order valence-electron chi connectivity index (χ3n) is 5.63. The highest BCUT2D eigenvalue weighted by Gasteiger charge is 2.30. The SMILES string of the molecule is Cc1nc(SCC(=O)N2c3ccccc3C[C@H]2C)n(C[C@H]2CCCO2)c1C. The fraction of sp³-hybridized carbons (Fsp3) is 0.524. The number of hydrogen-bond donors (Lipinski definition) is 0. The van der Waals surface area contributed by atoms with Crippen LogP contribution in [-0.4, -0.2) is 40.0 Å². The summed E-state index contributed by atoms with van der Waals surface area (Å²) in [6.07, 6.45) is 3.42. The van der Waals surface area contributed by atoms with Gasteiger partial charge < -0.3 is 14.2 Å². The molecule has 0 unspecified atom stereocenters. The van der Waals surface area contributed by atoms with Gasteiger partial charge in [-0.1, -0.05) is 30.0 Å². The zero-order valence-electron chi connectivity index (χ0n) is 16.3. The van der Waals surface area contributed by atoms with Gasteiger partial charge in [0.25, 0.3) is 0 Å². The third kappa shape index (κ3) is 3.65. The summed E-state index contributed by atoms with van der Waals surface area (Å²) in [4.78, 5) is 19.7. The zero-order valence-corrected chi connectivity index (χ0v) is 17.1. The van der Waals surface area contributed by atoms with Crippen LogP contribution in [-0.2, 0) is 22.5 Å². The fourth-order valence-corrected chi connectivity index (χ4v) is 5.04. The van der Waals surface area contributed by atoms with Crippen molar-refractivity contribution >= 4 is 23.4 Å². The molecule has 5 nitrogen and oxygen atoms in total. The quantitative estimate of drug-likeness (QED) is 0.736. The number of hydrogen-bond acceptors (Lipinski definition) is 4. The molecule has 2 aromatic rings. The van der Waals surface area contributed by atoms with Gasteiger partial charge in [-0.05, 0) is 51.7 Å². The van der Waals surface area contributed by atoms with E-state index in [0.29, 0.717) is 5.75 Å². The van der Waals surface area contributed by atoms with Gasteiger partial charge in [0.1, 0.15) is 0 Å². The Morgan fingerprint density at radius 1 is 1.33 bits per heavy atom. The number of amides is 1. The molecule has 1 fully saturated rings. The van der Waals surface area contributed by atoms with Gasteiger partial charge in [0.15, 0.2) is 5.16 Å². The van der Waals surface area contributed by atoms with Crippen molar-refractivity contribution in [3.05, 3.63) is 41.2 Å². The smallest absolute Gasteiger partial charge is 0.237 e. The Kier molecular flexibility index (Phi) is 5.28. The number of imidazole rings is 1. The van der Waals surface area contributed by atoms with E-state index in [1.54, 1.807) is 11.8 Å². The fourth-order valence-electron chi connectivity index (χ4n) is 4.08. The summed E-state index contributed by atoms with van der Waals surface area (Å²) < 4.78 is 8.03. The average Bonchev–Trinajstić information content (AvgIpc) is 3.34. The molecule has 0 N–H and O–H groups in total. The van der Waals surface area contributed by atoms with Gasteiger partial charge in [-0.3, -0.25) is 4.79 Å². The summed E-state index contributed by atoms with van der Waals surface area (Å²) >= 11 is 1.54. The van der Waals surface area contributed by atoms with Crippen LogP contribution in [0.4, 0.5) is 5.69 Å². The first-order valence-corrected chi connectivity index (χ1v) is 10.7. The van der Waals surface area contributed by atoms with E-state index in [0.717, 1.165) is 49.0 Å². The molecular weight excluding hydrogens is 358 g/mol. The molecule has 1 saturated heterocycles. The number of para-hydroxylation sites is 1. The van der Waals surface area contributed by atoms with E-state index in [1.165, 1.54) is 11.3 Å². The van der Waals surface area contributed by atoms with Gasteiger partial charge in [-0.15, -0.1) is 0 Å². The predicted octanol–water partition coefficient (Wildman–Crippen LogP) is 3.75. The molecule has 2 aliphatic heterocycles. The lowest BCUT2D eigenvalue weighted by Crippen LogP contribution is -2.37. The topological polar surface area (TPSA) is 47.4 Å². The maximum atomic E-state index is 13.0. The first kappa shape index (κ1) is 18.6. The highest BCUT2D eigenvalue weighted by molar-refractivity contribution is 7.99. The predicted molar refractivity (Wildman–Crippen MR) is 108 cm³/mol. The average molecular weight is 386 g/mol. The largest absolute Gasteiger partial charge is 0.376 e. The molecule has 2 aliphatic rings. The molecule has 0 aliphatic carbocycles. The van der Waals surface area contributed by atoms with E-state index in [-0.39, 0.29) is 18.1 Å². The number of benzene rings is 1. The molecular formula is C21H27N3O2S. The van der Waals surface area contributed by atoms with E-state index in [1.807, 2.05) is 30.0 Å². The zero-order chi connectivity index (χ0) is 19.0. The van der Waals surface area contributed by atoms with E-state index in [9.17, 15) is 4.79 Å². The summed E-state index contributed by atoms with van der Waals surface area (Å²) in [5.74, 6) is 0.555. The lowest BCUT2D eigenvalue weighted by molar-refractivity contribution is -0.116. The Morgan fingerprint density at radius 3 is 2.93 bits per heavy atom. The van der Waals surface area contributed by atoms with Crippen molar-refractivity contribution < 1.29 is 9.53 Å². The highest BCUT2D eigenvalue weighted by Crippen LogP contribution is 2.33. The molecule has 1 aromatic heterocycles. The van der Waals surface area contributed by atoms with Gasteiger partial charge in [-0.2, -0.15) is 0 Å². The molecule has 27 heavy (non-hydrogen) atoms. The van der Waals surface area contributed by atoms with Crippen LogP contribution in [0.1, 0.15) is 36.7 Å². The molecule has 6 heteroatoms. The van der Waals surface area contributed by atoms with Crippen LogP contribution in [0.3, 0.4) is 0 Å². The van der Waals surface area contributed by atoms with Gasteiger partial charge in [0.05, 0.1) is 24.1 Å². The van der Waals surface area contributed by atoms with Crippen LogP contribution in [0.15, 0.2) is 29.4 Å². The Balaban J connectivity index is 1.47. The molecule has 2 atom stereocenters. The Labute approximate surface area is 165 Å². The van der Waals surface area contributed by atoms with Crippen LogP contribution >= 0.6 is 11.8 Å². The van der Waals surface area contributed by atoms with Gasteiger partial charge in [0, 0.05) is 24.0 Å². The molecule has 0 radical (unpaired) electrons. The molecule has 1 amide bonds. The van der Waals surface area contributed by atoms with Crippen molar-refractivity contribution in [2.75, 3.05) is 17.3 Å². The normalized spacial score (nSPS) is 21.7. The standard InChI is InChI=1S/C21H27N3O2S/c1-14-11-17-7-4-5-9-19(17)24(14)20(25)13-27-21-22-15(2)16(3)23(21)12-18-8-6-10-26-18/h4-5,7,9,14,18H,6,8,10-13H2,1-3H3/t14-,18-/m1/s1. The van der Waals surface area contributed by atoms with E-state index in [2.05, 4.69) is 24.5 Å². The van der Waals surface area contributed by atoms with Crippen LogP contribution in [0.5, 0.6) is 0 Å². The number of rotatable bonds is 5. The summed E-state index contributed by atoms with van der Waals surface area (Å²) in [5, 5.41) is 0.925. The van der Waals surface area contributed by atoms with Gasteiger partial charge in [-0.25, -0.2) is 4.98 Å². The molecule has 0 spiro atoms. The summed E-state index contributed by atoms with van der Waals surface area (Å²) in [6.45, 7) is 7.93. The summed E-state index contributed by atoms with van der Waals surface area (Å²) in [5.41, 5.74) is 4.52. The van der Waals surface area contributed by atoms with Gasteiger partial charge >= 0.3 is 0 Å². The second-order valence-electron chi connectivity index (χ2n) is 7.55. The summed E-state index contributed by atoms with van der Waals surface area (Å²) in [6, 6.07) is 8.43. The minimum Gasteiger partial charge on any atom is -0.376 e. The molecule has 0 bridgehead atoms. The molecule has 3 heterocycles. The maximum Gasteiger partial charge on any atom is 0.237 e. The third-order valence-corrected chi connectivity index (χ3v) is 6.59. The number of fused-ring (bicyclic) bond motifs is 1. The van der Waals surface area contributed by atoms with Crippen LogP contribution in [0.25, 0.3) is 0 Å². The number of carbonyl (C=O) groups is 1. The van der Waals surface area contributed by atoms with E-state index >= 15 is 0 Å². The number of ether oxygens (including phenoxy) is 1. The highest BCUT2D eigenvalue weighted by atomic mass is 32.2. The monoisotopic (exact) mass is 385 g/mol. The van der Waals surface area contributed by atoms with Crippen LogP contribution in [0.2, 0.25) is 0 Å². The van der Waals surface area contributed by atoms with Crippen molar-refractivity contribution in [3.8, 4) is 0 Å². The van der Waals surface area contributed by atoms with Crippen LogP contribution < -0.4 is 4.90 Å². The lowest BCUT2D eigenvalue weighted by Gasteiger charge is -2.22. The Bertz CT molecular complexity index is 842.